The normalized spacial score (nSPS) is 15.8. The van der Waals surface area contributed by atoms with Gasteiger partial charge in [-0.25, -0.2) is 4.39 Å². The molecule has 0 bridgehead atoms. The van der Waals surface area contributed by atoms with Crippen molar-refractivity contribution in [2.24, 2.45) is 0 Å². The van der Waals surface area contributed by atoms with E-state index in [4.69, 9.17) is 11.6 Å². The van der Waals surface area contributed by atoms with Gasteiger partial charge in [0.1, 0.15) is 5.82 Å². The molecule has 1 heterocycles. The zero-order valence-corrected chi connectivity index (χ0v) is 15.8. The van der Waals surface area contributed by atoms with Gasteiger partial charge in [0.25, 0.3) is 0 Å². The molecular formula is C20H24ClFN2O2. The van der Waals surface area contributed by atoms with Crippen LogP contribution in [-0.2, 0) is 10.2 Å². The Morgan fingerprint density at radius 1 is 1.46 bits per heavy atom. The van der Waals surface area contributed by atoms with E-state index in [0.717, 1.165) is 12.0 Å². The second-order valence-corrected chi connectivity index (χ2v) is 8.23. The van der Waals surface area contributed by atoms with Crippen LogP contribution in [0.15, 0.2) is 30.6 Å². The number of aromatic nitrogens is 2. The smallest absolute Gasteiger partial charge is 0.303 e. The monoisotopic (exact) mass is 378 g/mol. The molecule has 0 spiro atoms. The average Bonchev–Trinajstić information content (AvgIpc) is 3.30. The van der Waals surface area contributed by atoms with Crippen LogP contribution in [0, 0.1) is 5.82 Å². The summed E-state index contributed by atoms with van der Waals surface area (Å²) in [5.74, 6) is -1.63. The molecule has 1 aliphatic carbocycles. The van der Waals surface area contributed by atoms with Gasteiger partial charge in [-0.3, -0.25) is 9.48 Å². The third kappa shape index (κ3) is 4.44. The number of hydrogen-bond donors (Lipinski definition) is 1. The summed E-state index contributed by atoms with van der Waals surface area (Å²) in [6, 6.07) is 4.67. The molecule has 1 N–H and O–H groups in total. The molecule has 1 atom stereocenters. The van der Waals surface area contributed by atoms with Gasteiger partial charge in [-0.05, 0) is 66.3 Å². The van der Waals surface area contributed by atoms with Crippen molar-refractivity contribution in [1.82, 2.24) is 9.78 Å². The van der Waals surface area contributed by atoms with Crippen molar-refractivity contribution in [3.05, 3.63) is 52.6 Å². The van der Waals surface area contributed by atoms with Crippen LogP contribution in [0.2, 0.25) is 5.02 Å². The fourth-order valence-corrected chi connectivity index (χ4v) is 3.58. The Bertz CT molecular complexity index is 799. The van der Waals surface area contributed by atoms with Gasteiger partial charge >= 0.3 is 5.97 Å². The number of carboxylic acid groups (broad SMARTS) is 1. The molecule has 1 aromatic carbocycles. The second kappa shape index (κ2) is 7.39. The average molecular weight is 379 g/mol. The molecular weight excluding hydrogens is 355 g/mol. The van der Waals surface area contributed by atoms with Gasteiger partial charge < -0.3 is 5.11 Å². The summed E-state index contributed by atoms with van der Waals surface area (Å²) in [6.45, 7) is 4.26. The Kier molecular flexibility index (Phi) is 5.37. The maximum atomic E-state index is 13.7. The Morgan fingerprint density at radius 3 is 2.85 bits per heavy atom. The summed E-state index contributed by atoms with van der Waals surface area (Å²) in [5, 5.41) is 14.1. The minimum absolute atomic E-state index is 0.0689. The topological polar surface area (TPSA) is 55.1 Å². The van der Waals surface area contributed by atoms with Crippen LogP contribution in [0.3, 0.4) is 0 Å². The fourth-order valence-electron chi connectivity index (χ4n) is 3.31. The summed E-state index contributed by atoms with van der Waals surface area (Å²) < 4.78 is 15.7. The Balaban J connectivity index is 1.75. The van der Waals surface area contributed by atoms with Crippen LogP contribution >= 0.6 is 11.6 Å². The Hall–Kier alpha value is -1.88. The number of aliphatic carboxylic acids is 1. The van der Waals surface area contributed by atoms with Crippen LogP contribution in [-0.4, -0.2) is 20.9 Å². The van der Waals surface area contributed by atoms with Crippen molar-refractivity contribution >= 4 is 17.6 Å². The third-order valence-electron chi connectivity index (χ3n) is 5.24. The van der Waals surface area contributed by atoms with E-state index in [1.807, 2.05) is 10.9 Å². The van der Waals surface area contributed by atoms with Gasteiger partial charge in [0.2, 0.25) is 0 Å². The summed E-state index contributed by atoms with van der Waals surface area (Å²) in [6.07, 6.45) is 7.66. The van der Waals surface area contributed by atoms with Gasteiger partial charge in [0.05, 0.1) is 18.7 Å². The van der Waals surface area contributed by atoms with E-state index in [1.54, 1.807) is 0 Å². The molecule has 1 aromatic heterocycles. The zero-order valence-electron chi connectivity index (χ0n) is 15.1. The highest BCUT2D eigenvalue weighted by atomic mass is 35.5. The first kappa shape index (κ1) is 18.9. The fraction of sp³-hybridized carbons (Fsp3) is 0.500. The quantitative estimate of drug-likeness (QED) is 0.675. The lowest BCUT2D eigenvalue weighted by Crippen LogP contribution is -2.19. The summed E-state index contributed by atoms with van der Waals surface area (Å²) in [5.41, 5.74) is 1.56. The molecule has 0 radical (unpaired) electrons. The summed E-state index contributed by atoms with van der Waals surface area (Å²) >= 11 is 6.21. The predicted octanol–water partition coefficient (Wildman–Crippen LogP) is 5.33. The van der Waals surface area contributed by atoms with E-state index >= 15 is 0 Å². The van der Waals surface area contributed by atoms with Gasteiger partial charge in [-0.1, -0.05) is 25.4 Å². The van der Waals surface area contributed by atoms with Crippen molar-refractivity contribution in [2.75, 3.05) is 0 Å². The standard InChI is InChI=1S/C20H24ClFN2O2/c1-20(2,14-11-23-24(12-14)16-4-5-16)8-7-13(9-19(25)26)17-10-15(22)3-6-18(17)21/h3,6,10-13,16H,4-5,7-9H2,1-2H3,(H,25,26). The first-order chi connectivity index (χ1) is 12.3. The molecule has 1 fully saturated rings. The lowest BCUT2D eigenvalue weighted by molar-refractivity contribution is -0.137. The van der Waals surface area contributed by atoms with E-state index in [1.165, 1.54) is 31.0 Å². The van der Waals surface area contributed by atoms with Crippen LogP contribution < -0.4 is 0 Å². The van der Waals surface area contributed by atoms with E-state index < -0.39 is 11.8 Å². The first-order valence-electron chi connectivity index (χ1n) is 8.97. The molecule has 1 saturated carbocycles. The number of carboxylic acids is 1. The largest absolute Gasteiger partial charge is 0.481 e. The molecule has 140 valence electrons. The highest BCUT2D eigenvalue weighted by Crippen LogP contribution is 2.39. The summed E-state index contributed by atoms with van der Waals surface area (Å²) in [4.78, 5) is 11.3. The van der Waals surface area contributed by atoms with Gasteiger partial charge in [0.15, 0.2) is 0 Å². The molecule has 4 nitrogen and oxygen atoms in total. The van der Waals surface area contributed by atoms with Crippen LogP contribution in [0.25, 0.3) is 0 Å². The number of rotatable bonds is 8. The van der Waals surface area contributed by atoms with Crippen LogP contribution in [0.4, 0.5) is 4.39 Å². The molecule has 26 heavy (non-hydrogen) atoms. The van der Waals surface area contributed by atoms with Gasteiger partial charge in [0, 0.05) is 11.2 Å². The molecule has 0 amide bonds. The number of halogens is 2. The zero-order chi connectivity index (χ0) is 18.9. The lowest BCUT2D eigenvalue weighted by Gasteiger charge is -2.26. The van der Waals surface area contributed by atoms with Crippen LogP contribution in [0.1, 0.15) is 69.0 Å². The number of nitrogens with zero attached hydrogens (tertiary/aromatic N) is 2. The molecule has 0 aliphatic heterocycles. The minimum atomic E-state index is -0.908. The maximum absolute atomic E-state index is 13.7. The van der Waals surface area contributed by atoms with Crippen LogP contribution in [0.5, 0.6) is 0 Å². The summed E-state index contributed by atoms with van der Waals surface area (Å²) in [7, 11) is 0. The SMILES string of the molecule is CC(C)(CCC(CC(=O)O)c1cc(F)ccc1Cl)c1cnn(C2CC2)c1. The van der Waals surface area contributed by atoms with E-state index in [2.05, 4.69) is 25.1 Å². The number of carbonyl (C=O) groups is 1. The third-order valence-corrected chi connectivity index (χ3v) is 5.58. The lowest BCUT2D eigenvalue weighted by atomic mass is 9.78. The Morgan fingerprint density at radius 2 is 2.19 bits per heavy atom. The van der Waals surface area contributed by atoms with E-state index in [-0.39, 0.29) is 17.8 Å². The highest BCUT2D eigenvalue weighted by Gasteiger charge is 2.29. The molecule has 2 aromatic rings. The molecule has 3 rings (SSSR count). The van der Waals surface area contributed by atoms with E-state index in [0.29, 0.717) is 23.0 Å². The second-order valence-electron chi connectivity index (χ2n) is 7.82. The Labute approximate surface area is 158 Å². The van der Waals surface area contributed by atoms with Crippen molar-refractivity contribution in [1.29, 1.82) is 0 Å². The molecule has 1 aliphatic rings. The number of hydrogen-bond acceptors (Lipinski definition) is 2. The van der Waals surface area contributed by atoms with Crippen molar-refractivity contribution < 1.29 is 14.3 Å². The number of benzene rings is 1. The predicted molar refractivity (Wildman–Crippen MR) is 99.2 cm³/mol. The van der Waals surface area contributed by atoms with Crippen molar-refractivity contribution in [3.8, 4) is 0 Å². The first-order valence-corrected chi connectivity index (χ1v) is 9.35. The maximum Gasteiger partial charge on any atom is 0.303 e. The van der Waals surface area contributed by atoms with Gasteiger partial charge in [-0.2, -0.15) is 5.10 Å². The van der Waals surface area contributed by atoms with Crippen molar-refractivity contribution in [2.45, 2.75) is 63.3 Å². The van der Waals surface area contributed by atoms with Crippen molar-refractivity contribution in [3.63, 3.8) is 0 Å². The molecule has 6 heteroatoms. The molecule has 0 saturated heterocycles. The van der Waals surface area contributed by atoms with Gasteiger partial charge in [-0.15, -0.1) is 0 Å². The van der Waals surface area contributed by atoms with E-state index in [9.17, 15) is 14.3 Å². The highest BCUT2D eigenvalue weighted by molar-refractivity contribution is 6.31. The minimum Gasteiger partial charge on any atom is -0.481 e. The molecule has 1 unspecified atom stereocenters.